The molecule has 15 heavy (non-hydrogen) atoms. The van der Waals surface area contributed by atoms with Crippen LogP contribution in [0.15, 0.2) is 12.1 Å². The van der Waals surface area contributed by atoms with Crippen LogP contribution in [0.5, 0.6) is 0 Å². The van der Waals surface area contributed by atoms with Gasteiger partial charge in [0.2, 0.25) is 0 Å². The fraction of sp³-hybridized carbons (Fsp3) is 0.462. The zero-order chi connectivity index (χ0) is 11.8. The van der Waals surface area contributed by atoms with Crippen LogP contribution in [-0.4, -0.2) is 25.5 Å². The fourth-order valence-electron chi connectivity index (χ4n) is 1.61. The predicted molar refractivity (Wildman–Crippen MR) is 71.1 cm³/mol. The van der Waals surface area contributed by atoms with Gasteiger partial charge in [-0.1, -0.05) is 0 Å². The van der Waals surface area contributed by atoms with Gasteiger partial charge in [0.05, 0.1) is 0 Å². The van der Waals surface area contributed by atoms with Crippen molar-refractivity contribution in [1.82, 2.24) is 0 Å². The Balaban J connectivity index is 3.29. The summed E-state index contributed by atoms with van der Waals surface area (Å²) in [4.78, 5) is 12.2. The summed E-state index contributed by atoms with van der Waals surface area (Å²) in [5.41, 5.74) is 4.96. The van der Waals surface area contributed by atoms with Crippen molar-refractivity contribution in [3.63, 3.8) is 0 Å². The maximum absolute atomic E-state index is 12.2. The SMILES string of the molecule is Cc1ccc(C(=O)[PH](C)(C)C)c(C)c1C. The molecule has 0 saturated carbocycles. The maximum atomic E-state index is 12.2. The van der Waals surface area contributed by atoms with Crippen molar-refractivity contribution < 1.29 is 4.79 Å². The summed E-state index contributed by atoms with van der Waals surface area (Å²) in [7, 11) is -1.71. The van der Waals surface area contributed by atoms with Crippen molar-refractivity contribution >= 4 is 12.8 Å². The molecule has 0 bridgehead atoms. The molecule has 1 aromatic rings. The van der Waals surface area contributed by atoms with E-state index < -0.39 is 7.26 Å². The second-order valence-electron chi connectivity index (χ2n) is 5.26. The van der Waals surface area contributed by atoms with E-state index in [1.54, 1.807) is 0 Å². The number of hydrogen-bond acceptors (Lipinski definition) is 1. The molecule has 1 rings (SSSR count). The molecular weight excluding hydrogens is 203 g/mol. The van der Waals surface area contributed by atoms with E-state index in [-0.39, 0.29) is 0 Å². The predicted octanol–water partition coefficient (Wildman–Crippen LogP) is 3.39. The van der Waals surface area contributed by atoms with Crippen LogP contribution >= 0.6 is 7.26 Å². The van der Waals surface area contributed by atoms with Gasteiger partial charge >= 0.3 is 92.7 Å². The van der Waals surface area contributed by atoms with Crippen LogP contribution in [0, 0.1) is 20.8 Å². The monoisotopic (exact) mass is 224 g/mol. The van der Waals surface area contributed by atoms with Crippen LogP contribution in [0.1, 0.15) is 27.0 Å². The van der Waals surface area contributed by atoms with Crippen LogP contribution in [-0.2, 0) is 0 Å². The summed E-state index contributed by atoms with van der Waals surface area (Å²) in [6.45, 7) is 12.5. The first-order chi connectivity index (χ1) is 6.75. The molecule has 2 heteroatoms. The standard InChI is InChI=1S/C13H21OP/c1-9-7-8-12(11(3)10(9)2)13(14)15(4,5)6/h7-8,15H,1-6H3. The average molecular weight is 224 g/mol. The van der Waals surface area contributed by atoms with Gasteiger partial charge in [-0.05, 0) is 0 Å². The third kappa shape index (κ3) is 2.46. The Morgan fingerprint density at radius 3 is 2.00 bits per heavy atom. The van der Waals surface area contributed by atoms with Crippen LogP contribution in [0.4, 0.5) is 0 Å². The van der Waals surface area contributed by atoms with Crippen molar-refractivity contribution in [2.45, 2.75) is 20.8 Å². The summed E-state index contributed by atoms with van der Waals surface area (Å²) >= 11 is 0. The Bertz CT molecular complexity index is 400. The first-order valence-electron chi connectivity index (χ1n) is 5.36. The van der Waals surface area contributed by atoms with E-state index in [1.165, 1.54) is 11.1 Å². The van der Waals surface area contributed by atoms with Gasteiger partial charge in [0, 0.05) is 0 Å². The molecule has 0 N–H and O–H groups in total. The number of carbonyl (C=O) groups is 1. The molecule has 0 spiro atoms. The molecule has 0 aliphatic carbocycles. The summed E-state index contributed by atoms with van der Waals surface area (Å²) in [5.74, 6) is 0. The normalized spacial score (nSPS) is 12.7. The van der Waals surface area contributed by atoms with Gasteiger partial charge in [0.1, 0.15) is 0 Å². The van der Waals surface area contributed by atoms with Crippen molar-refractivity contribution in [2.75, 3.05) is 20.0 Å². The summed E-state index contributed by atoms with van der Waals surface area (Å²) < 4.78 is 0. The first-order valence-corrected chi connectivity index (χ1v) is 8.86. The minimum atomic E-state index is -1.71. The Kier molecular flexibility index (Phi) is 3.35. The molecule has 0 amide bonds. The topological polar surface area (TPSA) is 17.1 Å². The number of carbonyl (C=O) groups excluding carboxylic acids is 1. The van der Waals surface area contributed by atoms with Crippen LogP contribution in [0.3, 0.4) is 0 Å². The Labute approximate surface area is 93.2 Å². The van der Waals surface area contributed by atoms with E-state index in [4.69, 9.17) is 0 Å². The second kappa shape index (κ2) is 4.06. The molecule has 0 heterocycles. The van der Waals surface area contributed by atoms with Crippen LogP contribution < -0.4 is 0 Å². The number of rotatable bonds is 2. The number of aryl methyl sites for hydroxylation is 1. The van der Waals surface area contributed by atoms with Crippen molar-refractivity contribution in [2.24, 2.45) is 0 Å². The summed E-state index contributed by atoms with van der Waals surface area (Å²) in [6.07, 6.45) is 0. The first kappa shape index (κ1) is 12.4. The molecular formula is C13H21OP. The fourth-order valence-corrected chi connectivity index (χ4v) is 2.68. The summed E-state index contributed by atoms with van der Waals surface area (Å²) in [5, 5.41) is 0. The summed E-state index contributed by atoms with van der Waals surface area (Å²) in [6, 6.07) is 4.04. The molecule has 0 unspecified atom stereocenters. The zero-order valence-corrected chi connectivity index (χ0v) is 11.6. The molecule has 0 saturated heterocycles. The van der Waals surface area contributed by atoms with Gasteiger partial charge in [0.25, 0.3) is 0 Å². The van der Waals surface area contributed by atoms with E-state index in [0.717, 1.165) is 11.1 Å². The molecule has 0 radical (unpaired) electrons. The molecule has 0 aromatic heterocycles. The van der Waals surface area contributed by atoms with E-state index >= 15 is 0 Å². The van der Waals surface area contributed by atoms with E-state index in [1.807, 2.05) is 6.07 Å². The molecule has 84 valence electrons. The van der Waals surface area contributed by atoms with E-state index in [9.17, 15) is 4.79 Å². The molecule has 0 fully saturated rings. The third-order valence-electron chi connectivity index (χ3n) is 2.98. The quantitative estimate of drug-likeness (QED) is 0.704. The van der Waals surface area contributed by atoms with Crippen LogP contribution in [0.2, 0.25) is 0 Å². The molecule has 1 aromatic carbocycles. The molecule has 0 aliphatic rings. The zero-order valence-electron chi connectivity index (χ0n) is 10.6. The second-order valence-corrected chi connectivity index (χ2v) is 10.2. The van der Waals surface area contributed by atoms with Gasteiger partial charge in [0.15, 0.2) is 0 Å². The number of hydrogen-bond donors (Lipinski definition) is 0. The van der Waals surface area contributed by atoms with Gasteiger partial charge in [-0.25, -0.2) is 0 Å². The minimum absolute atomic E-state index is 0.364. The van der Waals surface area contributed by atoms with Crippen molar-refractivity contribution in [3.8, 4) is 0 Å². The molecule has 0 atom stereocenters. The Hall–Kier alpha value is -0.680. The van der Waals surface area contributed by atoms with Gasteiger partial charge in [-0.3, -0.25) is 0 Å². The van der Waals surface area contributed by atoms with Crippen LogP contribution in [0.25, 0.3) is 0 Å². The number of benzene rings is 1. The molecule has 1 nitrogen and oxygen atoms in total. The van der Waals surface area contributed by atoms with E-state index in [2.05, 4.69) is 46.8 Å². The average Bonchev–Trinajstić information content (AvgIpc) is 2.12. The molecule has 0 aliphatic heterocycles. The van der Waals surface area contributed by atoms with E-state index in [0.29, 0.717) is 5.52 Å². The van der Waals surface area contributed by atoms with Gasteiger partial charge < -0.3 is 0 Å². The van der Waals surface area contributed by atoms with Crippen molar-refractivity contribution in [3.05, 3.63) is 34.4 Å². The van der Waals surface area contributed by atoms with Gasteiger partial charge in [-0.15, -0.1) is 0 Å². The Morgan fingerprint density at radius 2 is 1.53 bits per heavy atom. The van der Waals surface area contributed by atoms with Crippen molar-refractivity contribution in [1.29, 1.82) is 0 Å². The third-order valence-corrected chi connectivity index (χ3v) is 4.62. The van der Waals surface area contributed by atoms with Gasteiger partial charge in [-0.2, -0.15) is 0 Å². The Morgan fingerprint density at radius 1 is 1.00 bits per heavy atom.